The van der Waals surface area contributed by atoms with Crippen molar-refractivity contribution in [3.8, 4) is 0 Å². The maximum atomic E-state index is 12.0. The number of carboxylic acid groups (broad SMARTS) is 2. The van der Waals surface area contributed by atoms with Crippen molar-refractivity contribution < 1.29 is 24.6 Å². The summed E-state index contributed by atoms with van der Waals surface area (Å²) in [6, 6.07) is 5.43. The Morgan fingerprint density at radius 2 is 1.86 bits per heavy atom. The number of rotatable bonds is 7. The van der Waals surface area contributed by atoms with Crippen molar-refractivity contribution in [2.24, 2.45) is 5.92 Å². The van der Waals surface area contributed by atoms with Crippen LogP contribution >= 0.6 is 0 Å². The molecule has 0 spiro atoms. The van der Waals surface area contributed by atoms with Crippen LogP contribution in [0.15, 0.2) is 24.3 Å². The first-order chi connectivity index (χ1) is 9.79. The topological polar surface area (TPSA) is 104 Å². The van der Waals surface area contributed by atoms with E-state index in [2.05, 4.69) is 19.2 Å². The van der Waals surface area contributed by atoms with Crippen LogP contribution in [0.1, 0.15) is 36.2 Å². The summed E-state index contributed by atoms with van der Waals surface area (Å²) in [4.78, 5) is 33.5. The zero-order chi connectivity index (χ0) is 16.0. The number of nitrogens with one attached hydrogen (secondary N) is 1. The second kappa shape index (κ2) is 7.42. The van der Waals surface area contributed by atoms with E-state index in [0.29, 0.717) is 11.5 Å². The van der Waals surface area contributed by atoms with Crippen molar-refractivity contribution in [1.29, 1.82) is 0 Å². The van der Waals surface area contributed by atoms with Crippen molar-refractivity contribution in [2.45, 2.75) is 32.7 Å². The molecule has 0 aromatic heterocycles. The minimum atomic E-state index is -1.44. The maximum Gasteiger partial charge on any atom is 0.326 e. The number of carbonyl (C=O) groups excluding carboxylic acids is 1. The van der Waals surface area contributed by atoms with Crippen LogP contribution in [0.4, 0.5) is 0 Å². The fourth-order valence-corrected chi connectivity index (χ4v) is 1.93. The van der Waals surface area contributed by atoms with E-state index in [9.17, 15) is 14.4 Å². The Hall–Kier alpha value is -2.37. The van der Waals surface area contributed by atoms with Crippen LogP contribution in [0.5, 0.6) is 0 Å². The van der Waals surface area contributed by atoms with Gasteiger partial charge in [0, 0.05) is 5.56 Å². The highest BCUT2D eigenvalue weighted by molar-refractivity contribution is 5.97. The van der Waals surface area contributed by atoms with E-state index in [1.54, 1.807) is 18.2 Å². The normalized spacial score (nSPS) is 12.0. The molecule has 6 heteroatoms. The second-order valence-electron chi connectivity index (χ2n) is 5.26. The Labute approximate surface area is 122 Å². The van der Waals surface area contributed by atoms with Gasteiger partial charge in [-0.1, -0.05) is 26.0 Å². The Morgan fingerprint density at radius 3 is 2.38 bits per heavy atom. The van der Waals surface area contributed by atoms with Gasteiger partial charge in [-0.15, -0.1) is 0 Å². The molecule has 0 saturated carbocycles. The van der Waals surface area contributed by atoms with Crippen molar-refractivity contribution >= 4 is 17.8 Å². The molecule has 3 N–H and O–H groups in total. The van der Waals surface area contributed by atoms with Gasteiger partial charge in [-0.05, 0) is 30.0 Å². The molecule has 114 valence electrons. The van der Waals surface area contributed by atoms with Gasteiger partial charge in [0.15, 0.2) is 0 Å². The van der Waals surface area contributed by atoms with Gasteiger partial charge in [-0.2, -0.15) is 0 Å². The molecule has 1 rings (SSSR count). The van der Waals surface area contributed by atoms with Gasteiger partial charge in [0.25, 0.3) is 5.91 Å². The predicted octanol–water partition coefficient (Wildman–Crippen LogP) is 1.54. The van der Waals surface area contributed by atoms with E-state index in [-0.39, 0.29) is 0 Å². The SMILES string of the molecule is CC(C)Cc1cccc(C(=O)N[C@H](CC(=O)O)C(=O)O)c1. The highest BCUT2D eigenvalue weighted by Gasteiger charge is 2.23. The number of amides is 1. The van der Waals surface area contributed by atoms with E-state index >= 15 is 0 Å². The van der Waals surface area contributed by atoms with E-state index in [0.717, 1.165) is 12.0 Å². The fourth-order valence-electron chi connectivity index (χ4n) is 1.93. The van der Waals surface area contributed by atoms with Gasteiger partial charge in [0.2, 0.25) is 0 Å². The van der Waals surface area contributed by atoms with Gasteiger partial charge in [-0.3, -0.25) is 9.59 Å². The Kier molecular flexibility index (Phi) is 5.90. The molecule has 1 atom stereocenters. The summed E-state index contributed by atoms with van der Waals surface area (Å²) in [7, 11) is 0. The Morgan fingerprint density at radius 1 is 1.19 bits per heavy atom. The Bertz CT molecular complexity index is 539. The molecule has 0 fully saturated rings. The largest absolute Gasteiger partial charge is 0.481 e. The summed E-state index contributed by atoms with van der Waals surface area (Å²) in [5, 5.41) is 19.8. The zero-order valence-corrected chi connectivity index (χ0v) is 12.0. The smallest absolute Gasteiger partial charge is 0.326 e. The van der Waals surface area contributed by atoms with E-state index < -0.39 is 30.3 Å². The summed E-state index contributed by atoms with van der Waals surface area (Å²) in [6.07, 6.45) is 0.144. The summed E-state index contributed by atoms with van der Waals surface area (Å²) in [5.74, 6) is -2.81. The minimum Gasteiger partial charge on any atom is -0.481 e. The lowest BCUT2D eigenvalue weighted by Crippen LogP contribution is -2.42. The molecule has 1 aromatic carbocycles. The molecule has 6 nitrogen and oxygen atoms in total. The molecule has 0 aliphatic carbocycles. The molecule has 0 heterocycles. The quantitative estimate of drug-likeness (QED) is 0.707. The van der Waals surface area contributed by atoms with Crippen LogP contribution in [0, 0.1) is 5.92 Å². The molecule has 0 unspecified atom stereocenters. The fraction of sp³-hybridized carbons (Fsp3) is 0.400. The second-order valence-corrected chi connectivity index (χ2v) is 5.26. The van der Waals surface area contributed by atoms with Crippen LogP contribution < -0.4 is 5.32 Å². The monoisotopic (exact) mass is 293 g/mol. The third-order valence-electron chi connectivity index (χ3n) is 2.82. The molecule has 0 aliphatic heterocycles. The number of benzene rings is 1. The first-order valence-corrected chi connectivity index (χ1v) is 6.64. The third-order valence-corrected chi connectivity index (χ3v) is 2.82. The highest BCUT2D eigenvalue weighted by atomic mass is 16.4. The number of carboxylic acids is 2. The minimum absolute atomic E-state index is 0.324. The van der Waals surface area contributed by atoms with Crippen LogP contribution in [0.2, 0.25) is 0 Å². The summed E-state index contributed by atoms with van der Waals surface area (Å²) < 4.78 is 0. The lowest BCUT2D eigenvalue weighted by Gasteiger charge is -2.13. The van der Waals surface area contributed by atoms with Crippen molar-refractivity contribution in [1.82, 2.24) is 5.32 Å². The van der Waals surface area contributed by atoms with E-state index in [4.69, 9.17) is 10.2 Å². The van der Waals surface area contributed by atoms with E-state index in [1.807, 2.05) is 6.07 Å². The zero-order valence-electron chi connectivity index (χ0n) is 12.0. The van der Waals surface area contributed by atoms with Crippen LogP contribution in [-0.2, 0) is 16.0 Å². The number of aliphatic carboxylic acids is 2. The van der Waals surface area contributed by atoms with Gasteiger partial charge < -0.3 is 15.5 Å². The van der Waals surface area contributed by atoms with Crippen LogP contribution in [0.25, 0.3) is 0 Å². The molecule has 21 heavy (non-hydrogen) atoms. The van der Waals surface area contributed by atoms with Crippen molar-refractivity contribution in [2.75, 3.05) is 0 Å². The molecule has 1 amide bonds. The predicted molar refractivity (Wildman–Crippen MR) is 76.1 cm³/mol. The lowest BCUT2D eigenvalue weighted by atomic mass is 10.0. The lowest BCUT2D eigenvalue weighted by molar-refractivity contribution is -0.145. The summed E-state index contributed by atoms with van der Waals surface area (Å²) >= 11 is 0. The first kappa shape index (κ1) is 16.7. The third kappa shape index (κ3) is 5.64. The molecule has 0 saturated heterocycles. The van der Waals surface area contributed by atoms with Gasteiger partial charge in [0.1, 0.15) is 6.04 Å². The van der Waals surface area contributed by atoms with Crippen molar-refractivity contribution in [3.05, 3.63) is 35.4 Å². The average Bonchev–Trinajstić information content (AvgIpc) is 2.36. The molecule has 0 aliphatic rings. The number of hydrogen-bond donors (Lipinski definition) is 3. The van der Waals surface area contributed by atoms with Crippen molar-refractivity contribution in [3.63, 3.8) is 0 Å². The highest BCUT2D eigenvalue weighted by Crippen LogP contribution is 2.11. The summed E-state index contributed by atoms with van der Waals surface area (Å²) in [6.45, 7) is 4.11. The summed E-state index contributed by atoms with van der Waals surface area (Å²) in [5.41, 5.74) is 1.30. The molecule has 0 radical (unpaired) electrons. The Balaban J connectivity index is 2.82. The van der Waals surface area contributed by atoms with Gasteiger partial charge in [0.05, 0.1) is 6.42 Å². The number of hydrogen-bond acceptors (Lipinski definition) is 3. The first-order valence-electron chi connectivity index (χ1n) is 6.64. The molecular weight excluding hydrogens is 274 g/mol. The average molecular weight is 293 g/mol. The standard InChI is InChI=1S/C15H19NO5/c1-9(2)6-10-4-3-5-11(7-10)14(19)16-12(15(20)21)8-13(17)18/h3-5,7,9,12H,6,8H2,1-2H3,(H,16,19)(H,17,18)(H,20,21)/t12-/m1/s1. The molecule has 1 aromatic rings. The van der Waals surface area contributed by atoms with Crippen LogP contribution in [-0.4, -0.2) is 34.1 Å². The van der Waals surface area contributed by atoms with Gasteiger partial charge in [-0.25, -0.2) is 4.79 Å². The van der Waals surface area contributed by atoms with E-state index in [1.165, 1.54) is 0 Å². The molecular formula is C15H19NO5. The van der Waals surface area contributed by atoms with Gasteiger partial charge >= 0.3 is 11.9 Å². The number of carbonyl (C=O) groups is 3. The maximum absolute atomic E-state index is 12.0. The molecule has 0 bridgehead atoms. The van der Waals surface area contributed by atoms with Crippen LogP contribution in [0.3, 0.4) is 0 Å².